The molecule has 0 spiro atoms. The normalized spacial score (nSPS) is 18.1. The van der Waals surface area contributed by atoms with Crippen molar-refractivity contribution in [3.8, 4) is 0 Å². The molecule has 1 saturated heterocycles. The minimum atomic E-state index is -2.07. The Balaban J connectivity index is 0.000000469. The Morgan fingerprint density at radius 3 is 2.30 bits per heavy atom. The molecule has 0 aliphatic carbocycles. The van der Waals surface area contributed by atoms with Crippen molar-refractivity contribution in [3.05, 3.63) is 65.7 Å². The lowest BCUT2D eigenvalue weighted by atomic mass is 9.90. The second-order valence-corrected chi connectivity index (χ2v) is 7.96. The summed E-state index contributed by atoms with van der Waals surface area (Å²) in [5.74, 6) is -3.27. The topological polar surface area (TPSA) is 85.1 Å². The monoisotopic (exact) mass is 412 g/mol. The van der Waals surface area contributed by atoms with Crippen LogP contribution in [0.3, 0.4) is 0 Å². The summed E-state index contributed by atoms with van der Waals surface area (Å²) in [6, 6.07) is 20.1. The van der Waals surface area contributed by atoms with Crippen LogP contribution < -0.4 is 14.9 Å². The van der Waals surface area contributed by atoms with Crippen molar-refractivity contribution in [2.45, 2.75) is 31.6 Å². The molecule has 3 rings (SSSR count). The highest BCUT2D eigenvalue weighted by Crippen LogP contribution is 2.23. The zero-order valence-corrected chi connectivity index (χ0v) is 17.8. The summed E-state index contributed by atoms with van der Waals surface area (Å²) in [6.45, 7) is 3.96. The number of carbonyl (C=O) groups excluding carboxylic acids is 1. The fraction of sp³-hybridized carbons (Fsp3) is 0.417. The van der Waals surface area contributed by atoms with Crippen LogP contribution in [0.15, 0.2) is 54.6 Å². The van der Waals surface area contributed by atoms with Gasteiger partial charge in [0.15, 0.2) is 5.97 Å². The van der Waals surface area contributed by atoms with Crippen LogP contribution in [-0.4, -0.2) is 50.8 Å². The molecule has 2 unspecified atom stereocenters. The largest absolute Gasteiger partial charge is 0.539 e. The van der Waals surface area contributed by atoms with E-state index in [0.717, 1.165) is 5.92 Å². The van der Waals surface area contributed by atoms with E-state index in [9.17, 15) is 0 Å². The second-order valence-electron chi connectivity index (χ2n) is 7.96. The van der Waals surface area contributed by atoms with Crippen LogP contribution in [0.2, 0.25) is 0 Å². The van der Waals surface area contributed by atoms with Crippen LogP contribution in [0.5, 0.6) is 0 Å². The Morgan fingerprint density at radius 1 is 1.10 bits per heavy atom. The van der Waals surface area contributed by atoms with Crippen molar-refractivity contribution in [1.29, 1.82) is 0 Å². The molecule has 0 amide bonds. The number of rotatable bonds is 6. The Bertz CT molecular complexity index is 779. The summed E-state index contributed by atoms with van der Waals surface area (Å²) < 4.78 is 0. The van der Waals surface area contributed by atoms with E-state index in [2.05, 4.69) is 73.6 Å². The van der Waals surface area contributed by atoms with Crippen molar-refractivity contribution in [2.24, 2.45) is 0 Å². The first kappa shape index (κ1) is 23.4. The van der Waals surface area contributed by atoms with Gasteiger partial charge < -0.3 is 24.8 Å². The third-order valence-electron chi connectivity index (χ3n) is 5.51. The highest BCUT2D eigenvalue weighted by molar-refractivity contribution is 6.26. The molecular formula is C24H32N2O4. The van der Waals surface area contributed by atoms with E-state index < -0.39 is 11.9 Å². The highest BCUT2D eigenvalue weighted by atomic mass is 16.4. The molecule has 30 heavy (non-hydrogen) atoms. The lowest BCUT2D eigenvalue weighted by Crippen LogP contribution is -3.13. The second kappa shape index (κ2) is 12.0. The van der Waals surface area contributed by atoms with Crippen LogP contribution in [0.4, 0.5) is 5.69 Å². The molecule has 0 saturated carbocycles. The summed E-state index contributed by atoms with van der Waals surface area (Å²) >= 11 is 0. The Kier molecular flexibility index (Phi) is 9.35. The summed E-state index contributed by atoms with van der Waals surface area (Å²) in [5.41, 5.74) is 4.30. The first-order valence-corrected chi connectivity index (χ1v) is 10.5. The van der Waals surface area contributed by atoms with Crippen molar-refractivity contribution in [3.63, 3.8) is 0 Å². The number of nitrogens with zero attached hydrogens (tertiary/aromatic N) is 1. The zero-order valence-electron chi connectivity index (χ0n) is 17.8. The maximum absolute atomic E-state index is 9.04. The van der Waals surface area contributed by atoms with Gasteiger partial charge in [0.25, 0.3) is 0 Å². The van der Waals surface area contributed by atoms with Gasteiger partial charge in [-0.15, -0.1) is 0 Å². The first-order valence-electron chi connectivity index (χ1n) is 10.5. The van der Waals surface area contributed by atoms with Crippen LogP contribution in [0.25, 0.3) is 0 Å². The van der Waals surface area contributed by atoms with Crippen LogP contribution in [-0.2, 0) is 16.0 Å². The molecule has 1 heterocycles. The number of aryl methyl sites for hydroxylation is 1. The van der Waals surface area contributed by atoms with Gasteiger partial charge in [-0.25, -0.2) is 4.79 Å². The fourth-order valence-corrected chi connectivity index (χ4v) is 3.89. The number of likely N-dealkylation sites (tertiary alicyclic amines) is 1. The quantitative estimate of drug-likeness (QED) is 0.691. The predicted molar refractivity (Wildman–Crippen MR) is 116 cm³/mol. The molecule has 6 nitrogen and oxygen atoms in total. The van der Waals surface area contributed by atoms with Gasteiger partial charge in [0.05, 0.1) is 19.6 Å². The van der Waals surface area contributed by atoms with E-state index in [1.54, 1.807) is 4.90 Å². The van der Waals surface area contributed by atoms with Gasteiger partial charge >= 0.3 is 5.97 Å². The number of anilines is 1. The van der Waals surface area contributed by atoms with Gasteiger partial charge in [0.1, 0.15) is 0 Å². The van der Waals surface area contributed by atoms with Gasteiger partial charge in [-0.05, 0) is 42.5 Å². The molecule has 2 atom stereocenters. The molecular weight excluding hydrogens is 380 g/mol. The molecule has 2 aromatic carbocycles. The number of nitrogens with one attached hydrogen (secondary N) is 1. The van der Waals surface area contributed by atoms with Gasteiger partial charge in [-0.2, -0.15) is 0 Å². The van der Waals surface area contributed by atoms with Crippen LogP contribution >= 0.6 is 0 Å². The lowest BCUT2D eigenvalue weighted by molar-refractivity contribution is -0.906. The molecule has 1 aliphatic rings. The minimum absolute atomic E-state index is 0.738. The third kappa shape index (κ3) is 7.87. The minimum Gasteiger partial charge on any atom is -0.539 e. The first-order chi connectivity index (χ1) is 14.4. The number of benzene rings is 2. The molecule has 0 radical (unpaired) electrons. The maximum atomic E-state index is 9.04. The predicted octanol–water partition coefficient (Wildman–Crippen LogP) is 0.969. The maximum Gasteiger partial charge on any atom is 0.351 e. The number of quaternary nitrogens is 1. The molecule has 6 heteroatoms. The number of hydrogen-bond acceptors (Lipinski definition) is 4. The molecule has 0 aromatic heterocycles. The number of carbonyl (C=O) groups is 2. The van der Waals surface area contributed by atoms with Gasteiger partial charge in [0.2, 0.25) is 0 Å². The molecule has 1 aliphatic heterocycles. The summed E-state index contributed by atoms with van der Waals surface area (Å²) in [4.78, 5) is 22.0. The average Bonchev–Trinajstić information content (AvgIpc) is 2.75. The number of piperidine rings is 1. The van der Waals surface area contributed by atoms with E-state index in [1.165, 1.54) is 62.1 Å². The standard InChI is InChI=1S/C22H30N2.C2H2O4/c1-23(2)22-14-12-20(13-15-22)21-11-7-17-24(18-21)16-6-10-19-8-4-3-5-9-19;3-1(4)2(5)6/h3-5,8-9,12-15,21H,6-7,10-11,16-18H2,1-2H3;(H,3,4)(H,5,6). The van der Waals surface area contributed by atoms with Crippen LogP contribution in [0.1, 0.15) is 36.3 Å². The van der Waals surface area contributed by atoms with Crippen molar-refractivity contribution in [1.82, 2.24) is 0 Å². The van der Waals surface area contributed by atoms with Crippen molar-refractivity contribution in [2.75, 3.05) is 38.6 Å². The molecule has 162 valence electrons. The van der Waals surface area contributed by atoms with E-state index in [4.69, 9.17) is 19.8 Å². The molecule has 2 N–H and O–H groups in total. The summed E-state index contributed by atoms with van der Waals surface area (Å²) in [6.07, 6.45) is 5.22. The number of hydrogen-bond donors (Lipinski definition) is 2. The van der Waals surface area contributed by atoms with Gasteiger partial charge in [-0.3, -0.25) is 0 Å². The Hall–Kier alpha value is -2.86. The summed E-state index contributed by atoms with van der Waals surface area (Å²) in [7, 11) is 4.21. The van der Waals surface area contributed by atoms with E-state index in [-0.39, 0.29) is 0 Å². The zero-order chi connectivity index (χ0) is 21.9. The van der Waals surface area contributed by atoms with E-state index in [1.807, 2.05) is 0 Å². The molecule has 1 fully saturated rings. The fourth-order valence-electron chi connectivity index (χ4n) is 3.89. The molecule has 0 bridgehead atoms. The summed E-state index contributed by atoms with van der Waals surface area (Å²) in [5, 5.41) is 16.3. The average molecular weight is 413 g/mol. The van der Waals surface area contributed by atoms with E-state index in [0.29, 0.717) is 0 Å². The third-order valence-corrected chi connectivity index (χ3v) is 5.51. The number of aliphatic carboxylic acids is 2. The van der Waals surface area contributed by atoms with Crippen LogP contribution in [0, 0.1) is 0 Å². The van der Waals surface area contributed by atoms with Gasteiger partial charge in [0, 0.05) is 32.1 Å². The SMILES string of the molecule is CN(C)c1ccc(C2CCC[NH+](CCCc3ccccc3)C2)cc1.O=C([O-])C(=O)O. The Morgan fingerprint density at radius 2 is 1.73 bits per heavy atom. The Labute approximate surface area is 178 Å². The number of carboxylic acids is 2. The smallest absolute Gasteiger partial charge is 0.351 e. The molecule has 2 aromatic rings. The van der Waals surface area contributed by atoms with Crippen molar-refractivity contribution < 1.29 is 24.7 Å². The highest BCUT2D eigenvalue weighted by Gasteiger charge is 2.24. The van der Waals surface area contributed by atoms with E-state index >= 15 is 0 Å². The van der Waals surface area contributed by atoms with Crippen molar-refractivity contribution >= 4 is 17.6 Å². The van der Waals surface area contributed by atoms with Gasteiger partial charge in [-0.1, -0.05) is 42.5 Å². The lowest BCUT2D eigenvalue weighted by Gasteiger charge is -2.30. The number of carboxylic acid groups (broad SMARTS) is 2.